The van der Waals surface area contributed by atoms with Crippen molar-refractivity contribution in [1.82, 2.24) is 10.3 Å². The highest BCUT2D eigenvalue weighted by Crippen LogP contribution is 2.30. The van der Waals surface area contributed by atoms with E-state index in [1.807, 2.05) is 0 Å². The highest BCUT2D eigenvalue weighted by Gasteiger charge is 2.35. The summed E-state index contributed by atoms with van der Waals surface area (Å²) in [6.45, 7) is 2.85. The number of rotatable bonds is 6. The summed E-state index contributed by atoms with van der Waals surface area (Å²) in [6.07, 6.45) is 2.71. The molecule has 30 heavy (non-hydrogen) atoms. The molecule has 0 unspecified atom stereocenters. The van der Waals surface area contributed by atoms with Gasteiger partial charge in [-0.1, -0.05) is 0 Å². The van der Waals surface area contributed by atoms with Crippen LogP contribution >= 0.6 is 0 Å². The molecule has 4 rings (SSSR count). The Hall–Kier alpha value is -3.10. The molecule has 1 aliphatic rings. The van der Waals surface area contributed by atoms with Crippen molar-refractivity contribution in [1.29, 1.82) is 0 Å². The molecular formula is C22H24N2O6. The van der Waals surface area contributed by atoms with Crippen LogP contribution < -0.4 is 15.6 Å². The number of furan rings is 1. The quantitative estimate of drug-likeness (QED) is 0.572. The molecule has 0 spiro atoms. The number of fused-ring (bicyclic) bond motifs is 1. The average molecular weight is 412 g/mol. The monoisotopic (exact) mass is 412 g/mol. The molecule has 1 aliphatic heterocycles. The maximum absolute atomic E-state index is 13.1. The lowest BCUT2D eigenvalue weighted by Crippen LogP contribution is -2.54. The minimum absolute atomic E-state index is 0.148. The third-order valence-electron chi connectivity index (χ3n) is 5.45. The Morgan fingerprint density at radius 1 is 1.27 bits per heavy atom. The highest BCUT2D eigenvalue weighted by molar-refractivity contribution is 6.07. The number of hydrogen-bond acceptors (Lipinski definition) is 6. The van der Waals surface area contributed by atoms with Crippen LogP contribution in [0.4, 0.5) is 0 Å². The van der Waals surface area contributed by atoms with E-state index in [1.165, 1.54) is 6.07 Å². The summed E-state index contributed by atoms with van der Waals surface area (Å²) < 4.78 is 16.9. The van der Waals surface area contributed by atoms with Gasteiger partial charge in [-0.2, -0.15) is 0 Å². The molecule has 1 amide bonds. The number of aryl methyl sites for hydroxylation is 1. The molecule has 0 atom stereocenters. The number of nitrogens with one attached hydrogen (secondary N) is 2. The van der Waals surface area contributed by atoms with Gasteiger partial charge in [0.2, 0.25) is 5.56 Å². The maximum atomic E-state index is 13.1. The van der Waals surface area contributed by atoms with Gasteiger partial charge in [-0.15, -0.1) is 0 Å². The van der Waals surface area contributed by atoms with Crippen molar-refractivity contribution >= 4 is 16.9 Å². The molecule has 3 heterocycles. The van der Waals surface area contributed by atoms with Crippen molar-refractivity contribution in [2.24, 2.45) is 0 Å². The van der Waals surface area contributed by atoms with E-state index in [9.17, 15) is 14.7 Å². The second kappa shape index (κ2) is 8.33. The second-order valence-corrected chi connectivity index (χ2v) is 7.55. The Balaban J connectivity index is 1.57. The Labute approximate surface area is 172 Å². The number of pyridine rings is 1. The first-order valence-electron chi connectivity index (χ1n) is 9.84. The van der Waals surface area contributed by atoms with Gasteiger partial charge in [-0.3, -0.25) is 9.59 Å². The summed E-state index contributed by atoms with van der Waals surface area (Å²) >= 11 is 0. The van der Waals surface area contributed by atoms with Crippen molar-refractivity contribution in [2.75, 3.05) is 19.8 Å². The first-order chi connectivity index (χ1) is 14.5. The summed E-state index contributed by atoms with van der Waals surface area (Å²) in [6, 6.07) is 8.43. The number of aromatic nitrogens is 1. The maximum Gasteiger partial charge on any atom is 0.255 e. The topological polar surface area (TPSA) is 114 Å². The Morgan fingerprint density at radius 2 is 2.07 bits per heavy atom. The number of amides is 1. The first-order valence-corrected chi connectivity index (χ1v) is 9.84. The molecule has 3 aromatic rings. The first kappa shape index (κ1) is 20.2. The van der Waals surface area contributed by atoms with Gasteiger partial charge in [0.05, 0.1) is 17.7 Å². The van der Waals surface area contributed by atoms with E-state index in [0.29, 0.717) is 54.1 Å². The van der Waals surface area contributed by atoms with E-state index in [-0.39, 0.29) is 24.7 Å². The zero-order chi connectivity index (χ0) is 21.1. The van der Waals surface area contributed by atoms with Gasteiger partial charge < -0.3 is 29.3 Å². The van der Waals surface area contributed by atoms with Gasteiger partial charge in [-0.25, -0.2) is 0 Å². The van der Waals surface area contributed by atoms with Crippen molar-refractivity contribution in [2.45, 2.75) is 31.9 Å². The molecule has 1 aromatic carbocycles. The molecule has 158 valence electrons. The number of carbonyl (C=O) groups excluding carboxylic acids is 1. The Kier molecular flexibility index (Phi) is 5.61. The number of H-pyrrole nitrogens is 1. The van der Waals surface area contributed by atoms with Gasteiger partial charge in [0.1, 0.15) is 23.7 Å². The van der Waals surface area contributed by atoms with E-state index in [4.69, 9.17) is 13.9 Å². The molecule has 8 nitrogen and oxygen atoms in total. The van der Waals surface area contributed by atoms with Crippen molar-refractivity contribution in [3.63, 3.8) is 0 Å². The fourth-order valence-corrected chi connectivity index (χ4v) is 3.66. The molecule has 2 aromatic heterocycles. The van der Waals surface area contributed by atoms with Gasteiger partial charge >= 0.3 is 0 Å². The normalized spacial score (nSPS) is 15.8. The molecular weight excluding hydrogens is 388 g/mol. The minimum atomic E-state index is -0.691. The third-order valence-corrected chi connectivity index (χ3v) is 5.45. The minimum Gasteiger partial charge on any atom is -0.489 e. The molecule has 0 radical (unpaired) electrons. The third kappa shape index (κ3) is 4.10. The number of aliphatic hydroxyl groups excluding tert-OH is 1. The number of aliphatic hydroxyl groups is 1. The van der Waals surface area contributed by atoms with Gasteiger partial charge in [-0.05, 0) is 44.0 Å². The Bertz CT molecular complexity index is 1090. The van der Waals surface area contributed by atoms with E-state index in [1.54, 1.807) is 37.4 Å². The largest absolute Gasteiger partial charge is 0.489 e. The van der Waals surface area contributed by atoms with Gasteiger partial charge in [0.25, 0.3) is 5.91 Å². The number of benzene rings is 1. The van der Waals surface area contributed by atoms with Crippen molar-refractivity contribution in [3.8, 4) is 5.75 Å². The van der Waals surface area contributed by atoms with Crippen LogP contribution in [0.25, 0.3) is 11.0 Å². The summed E-state index contributed by atoms with van der Waals surface area (Å²) in [4.78, 5) is 26.9. The second-order valence-electron chi connectivity index (χ2n) is 7.55. The molecule has 8 heteroatoms. The summed E-state index contributed by atoms with van der Waals surface area (Å²) in [5.41, 5.74) is 0.970. The van der Waals surface area contributed by atoms with Crippen LogP contribution in [0.2, 0.25) is 0 Å². The van der Waals surface area contributed by atoms with E-state index in [2.05, 4.69) is 10.3 Å². The summed E-state index contributed by atoms with van der Waals surface area (Å²) in [5.74, 6) is 0.784. The summed E-state index contributed by atoms with van der Waals surface area (Å²) in [5, 5.41) is 13.5. The molecule has 3 N–H and O–H groups in total. The average Bonchev–Trinajstić information content (AvgIpc) is 3.09. The van der Waals surface area contributed by atoms with Crippen LogP contribution in [0.1, 0.15) is 34.5 Å². The van der Waals surface area contributed by atoms with Crippen LogP contribution in [0, 0.1) is 6.92 Å². The van der Waals surface area contributed by atoms with Crippen molar-refractivity contribution in [3.05, 3.63) is 63.8 Å². The van der Waals surface area contributed by atoms with Crippen LogP contribution in [0.5, 0.6) is 5.75 Å². The van der Waals surface area contributed by atoms with E-state index in [0.717, 1.165) is 5.56 Å². The fourth-order valence-electron chi connectivity index (χ4n) is 3.66. The molecule has 1 saturated heterocycles. The lowest BCUT2D eigenvalue weighted by Gasteiger charge is -2.36. The lowest BCUT2D eigenvalue weighted by molar-refractivity contribution is 0.0125. The van der Waals surface area contributed by atoms with Gasteiger partial charge in [0.15, 0.2) is 0 Å². The van der Waals surface area contributed by atoms with Crippen LogP contribution in [0.15, 0.2) is 45.7 Å². The number of hydrogen-bond donors (Lipinski definition) is 3. The zero-order valence-corrected chi connectivity index (χ0v) is 16.7. The smallest absolute Gasteiger partial charge is 0.255 e. The zero-order valence-electron chi connectivity index (χ0n) is 16.7. The highest BCUT2D eigenvalue weighted by atomic mass is 16.5. The molecule has 0 aliphatic carbocycles. The number of carbonyl (C=O) groups is 1. The van der Waals surface area contributed by atoms with E-state index < -0.39 is 5.54 Å². The van der Waals surface area contributed by atoms with Gasteiger partial charge in [0, 0.05) is 36.4 Å². The number of ether oxygens (including phenoxy) is 2. The van der Waals surface area contributed by atoms with Crippen LogP contribution in [-0.2, 0) is 11.3 Å². The predicted molar refractivity (Wildman–Crippen MR) is 110 cm³/mol. The van der Waals surface area contributed by atoms with E-state index >= 15 is 0 Å². The molecule has 0 bridgehead atoms. The fraction of sp³-hybridized carbons (Fsp3) is 0.364. The summed E-state index contributed by atoms with van der Waals surface area (Å²) in [7, 11) is 0. The standard InChI is InChI=1S/C22H24N2O6/c1-14-20(21(27)24-22(13-25)6-8-28-9-7-22)17-10-16(3-4-18(17)30-14)29-12-15-2-5-19(26)23-11-15/h2-5,10-11,25H,6-9,12-13H2,1H3,(H,23,26)(H,24,27). The van der Waals surface area contributed by atoms with Crippen LogP contribution in [0.3, 0.4) is 0 Å². The molecule has 0 saturated carbocycles. The molecule has 1 fully saturated rings. The number of aromatic amines is 1. The lowest BCUT2D eigenvalue weighted by atomic mass is 9.90. The predicted octanol–water partition coefficient (Wildman–Crippen LogP) is 2.28. The SMILES string of the molecule is Cc1oc2ccc(OCc3ccc(=O)[nH]c3)cc2c1C(=O)NC1(CO)CCOCC1. The van der Waals surface area contributed by atoms with Crippen molar-refractivity contribution < 1.29 is 23.8 Å². The Morgan fingerprint density at radius 3 is 2.77 bits per heavy atom. The van der Waals surface area contributed by atoms with Crippen LogP contribution in [-0.4, -0.2) is 41.4 Å².